The summed E-state index contributed by atoms with van der Waals surface area (Å²) in [6.07, 6.45) is 15.7. The molecule has 330 valence electrons. The maximum Gasteiger partial charge on any atom is 0.235 e. The van der Waals surface area contributed by atoms with Crippen LogP contribution in [0.25, 0.3) is 22.2 Å². The lowest BCUT2D eigenvalue weighted by atomic mass is 9.97. The van der Waals surface area contributed by atoms with Gasteiger partial charge in [-0.25, -0.2) is 0 Å². The van der Waals surface area contributed by atoms with E-state index in [2.05, 4.69) is 18.4 Å². The molecule has 6 heterocycles. The third kappa shape index (κ3) is 10.9. The van der Waals surface area contributed by atoms with Gasteiger partial charge in [-0.15, -0.1) is 0 Å². The lowest BCUT2D eigenvalue weighted by Crippen LogP contribution is -2.30. The highest BCUT2D eigenvalue weighted by Gasteiger charge is 2.31. The number of ether oxygens (including phenoxy) is 10. The van der Waals surface area contributed by atoms with Gasteiger partial charge in [0.05, 0.1) is 49.6 Å². The highest BCUT2D eigenvalue weighted by molar-refractivity contribution is 5.92. The molecule has 1 aromatic heterocycles. The van der Waals surface area contributed by atoms with Crippen LogP contribution < -0.4 is 29.1 Å². The number of unbranched alkanes of at least 4 members (excludes halogenated alkanes) is 1. The molecule has 12 heteroatoms. The molecule has 0 N–H and O–H groups in total. The normalized spacial score (nSPS) is 25.7. The molecule has 0 saturated carbocycles. The zero-order valence-corrected chi connectivity index (χ0v) is 36.0. The zero-order chi connectivity index (χ0) is 41.1. The van der Waals surface area contributed by atoms with Crippen molar-refractivity contribution in [2.24, 2.45) is 5.92 Å². The number of benzene rings is 2. The summed E-state index contributed by atoms with van der Waals surface area (Å²) in [7, 11) is 0. The van der Waals surface area contributed by atoms with E-state index in [0.29, 0.717) is 91.5 Å². The summed E-state index contributed by atoms with van der Waals surface area (Å²) in [6.45, 7) is 8.23. The van der Waals surface area contributed by atoms with Crippen molar-refractivity contribution in [1.29, 1.82) is 0 Å². The van der Waals surface area contributed by atoms with Crippen molar-refractivity contribution in [1.82, 2.24) is 4.57 Å². The van der Waals surface area contributed by atoms with Crippen molar-refractivity contribution in [3.63, 3.8) is 0 Å². The van der Waals surface area contributed by atoms with Gasteiger partial charge in [-0.2, -0.15) is 0 Å². The van der Waals surface area contributed by atoms with Gasteiger partial charge in [-0.3, -0.25) is 4.79 Å². The molecule has 0 spiro atoms. The monoisotopic (exact) mass is 833 g/mol. The molecule has 12 nitrogen and oxygen atoms in total. The second kappa shape index (κ2) is 21.5. The van der Waals surface area contributed by atoms with Crippen LogP contribution in [0.3, 0.4) is 0 Å². The molecular formula is C48H67NO11. The van der Waals surface area contributed by atoms with Crippen LogP contribution in [0.2, 0.25) is 0 Å². The fraction of sp³-hybridized carbons (Fsp3) is 0.688. The minimum atomic E-state index is -0.576. The summed E-state index contributed by atoms with van der Waals surface area (Å²) in [5.41, 5.74) is 1.84. The van der Waals surface area contributed by atoms with Gasteiger partial charge in [-0.1, -0.05) is 33.1 Å². The van der Waals surface area contributed by atoms with Crippen LogP contribution >= 0.6 is 0 Å². The van der Waals surface area contributed by atoms with E-state index in [9.17, 15) is 0 Å². The van der Waals surface area contributed by atoms with E-state index in [-0.39, 0.29) is 17.5 Å². The lowest BCUT2D eigenvalue weighted by molar-refractivity contribution is -0.118. The number of aromatic nitrogens is 1. The highest BCUT2D eigenvalue weighted by atomic mass is 16.7. The SMILES string of the molecule is CCCCC(CC)Cn1c(-c2ccc(OC3CCCCO3)c(OC3CCCCO3)c2)c(OC2CCCCO2)c(=O)c2c(OC3CCCCO3)cc(OC3CCCCO3)cc21. The van der Waals surface area contributed by atoms with E-state index in [0.717, 1.165) is 121 Å². The fourth-order valence-corrected chi connectivity index (χ4v) is 8.98. The van der Waals surface area contributed by atoms with Gasteiger partial charge in [0.2, 0.25) is 5.43 Å². The van der Waals surface area contributed by atoms with Gasteiger partial charge >= 0.3 is 0 Å². The molecule has 5 aliphatic rings. The average molecular weight is 834 g/mol. The van der Waals surface area contributed by atoms with Crippen LogP contribution in [-0.4, -0.2) is 69.1 Å². The summed E-state index contributed by atoms with van der Waals surface area (Å²) in [5, 5.41) is 0.433. The number of pyridine rings is 1. The van der Waals surface area contributed by atoms with Gasteiger partial charge in [0.1, 0.15) is 11.5 Å². The molecule has 5 fully saturated rings. The topological polar surface area (TPSA) is 114 Å². The van der Waals surface area contributed by atoms with E-state index in [1.807, 2.05) is 30.3 Å². The van der Waals surface area contributed by atoms with Crippen LogP contribution in [0, 0.1) is 5.92 Å². The van der Waals surface area contributed by atoms with Crippen molar-refractivity contribution in [2.45, 2.75) is 174 Å². The van der Waals surface area contributed by atoms with Gasteiger partial charge in [0.25, 0.3) is 0 Å². The Labute approximate surface area is 355 Å². The van der Waals surface area contributed by atoms with E-state index in [1.165, 1.54) is 0 Å². The maximum atomic E-state index is 15.5. The number of fused-ring (bicyclic) bond motifs is 1. The van der Waals surface area contributed by atoms with Gasteiger partial charge in [-0.05, 0) is 94.7 Å². The first kappa shape index (κ1) is 43.1. The van der Waals surface area contributed by atoms with E-state index in [1.54, 1.807) is 0 Å². The summed E-state index contributed by atoms with van der Waals surface area (Å²) < 4.78 is 66.1. The first-order valence-corrected chi connectivity index (χ1v) is 23.4. The van der Waals surface area contributed by atoms with Crippen molar-refractivity contribution >= 4 is 10.9 Å². The van der Waals surface area contributed by atoms with Gasteiger partial charge in [0, 0.05) is 56.3 Å². The standard InChI is InChI=1S/C48H67NO11/c1-3-5-16-33(4-2)32-49-36-30-35(56-40-17-6-11-24-51-40)31-39(59-43-20-9-14-27-54-43)45(36)47(50)48(60-44-21-10-15-28-55-44)46(49)34-22-23-37(57-41-18-7-12-25-52-41)38(29-34)58-42-19-8-13-26-53-42/h22-23,29-31,33,40-44H,3-21,24-28,32H2,1-2H3. The Kier molecular flexibility index (Phi) is 15.4. The Morgan fingerprint density at radius 3 is 1.63 bits per heavy atom. The predicted octanol–water partition coefficient (Wildman–Crippen LogP) is 10.4. The van der Waals surface area contributed by atoms with Crippen LogP contribution in [0.5, 0.6) is 28.7 Å². The molecular weight excluding hydrogens is 767 g/mol. The Morgan fingerprint density at radius 2 is 1.12 bits per heavy atom. The van der Waals surface area contributed by atoms with E-state index >= 15 is 4.79 Å². The third-order valence-corrected chi connectivity index (χ3v) is 12.4. The molecule has 6 atom stereocenters. The quantitative estimate of drug-likeness (QED) is 0.129. The Hall–Kier alpha value is -3.55. The Balaban J connectivity index is 1.34. The minimum absolute atomic E-state index is 0.225. The summed E-state index contributed by atoms with van der Waals surface area (Å²) in [5.74, 6) is 2.65. The van der Waals surface area contributed by atoms with Gasteiger partial charge in [0.15, 0.2) is 48.7 Å². The molecule has 60 heavy (non-hydrogen) atoms. The molecule has 8 rings (SSSR count). The largest absolute Gasteiger partial charge is 0.465 e. The molecule has 0 aliphatic carbocycles. The summed E-state index contributed by atoms with van der Waals surface area (Å²) in [6, 6.07) is 9.77. The number of hydrogen-bond donors (Lipinski definition) is 0. The van der Waals surface area contributed by atoms with Crippen molar-refractivity contribution in [2.75, 3.05) is 33.0 Å². The second-order valence-corrected chi connectivity index (χ2v) is 17.1. The van der Waals surface area contributed by atoms with Crippen molar-refractivity contribution < 1.29 is 47.4 Å². The molecule has 0 radical (unpaired) electrons. The van der Waals surface area contributed by atoms with Crippen LogP contribution in [-0.2, 0) is 30.2 Å². The average Bonchev–Trinajstić information content (AvgIpc) is 3.29. The van der Waals surface area contributed by atoms with Crippen molar-refractivity contribution in [3.05, 3.63) is 40.6 Å². The smallest absolute Gasteiger partial charge is 0.235 e. The maximum absolute atomic E-state index is 15.5. The van der Waals surface area contributed by atoms with Crippen LogP contribution in [0.4, 0.5) is 0 Å². The molecule has 0 amide bonds. The zero-order valence-electron chi connectivity index (χ0n) is 36.0. The van der Waals surface area contributed by atoms with Crippen LogP contribution in [0.15, 0.2) is 35.1 Å². The second-order valence-electron chi connectivity index (χ2n) is 17.1. The van der Waals surface area contributed by atoms with Gasteiger partial charge < -0.3 is 51.9 Å². The molecule has 3 aromatic rings. The first-order valence-electron chi connectivity index (χ1n) is 23.4. The molecule has 5 aliphatic heterocycles. The molecule has 0 bridgehead atoms. The lowest BCUT2D eigenvalue weighted by Gasteiger charge is -2.30. The minimum Gasteiger partial charge on any atom is -0.465 e. The highest BCUT2D eigenvalue weighted by Crippen LogP contribution is 2.43. The fourth-order valence-electron chi connectivity index (χ4n) is 8.98. The molecule has 6 unspecified atom stereocenters. The van der Waals surface area contributed by atoms with Crippen LogP contribution in [0.1, 0.15) is 136 Å². The first-order chi connectivity index (χ1) is 29.6. The molecule has 5 saturated heterocycles. The Morgan fingerprint density at radius 1 is 0.600 bits per heavy atom. The third-order valence-electron chi connectivity index (χ3n) is 12.4. The Bertz CT molecular complexity index is 1870. The molecule has 2 aromatic carbocycles. The van der Waals surface area contributed by atoms with E-state index in [4.69, 9.17) is 47.4 Å². The predicted molar refractivity (Wildman–Crippen MR) is 228 cm³/mol. The van der Waals surface area contributed by atoms with Crippen molar-refractivity contribution in [3.8, 4) is 40.0 Å². The summed E-state index contributed by atoms with van der Waals surface area (Å²) in [4.78, 5) is 15.5. The summed E-state index contributed by atoms with van der Waals surface area (Å²) >= 11 is 0. The number of rotatable bonds is 17. The number of hydrogen-bond acceptors (Lipinski definition) is 11. The van der Waals surface area contributed by atoms with E-state index < -0.39 is 25.2 Å². The number of nitrogens with zero attached hydrogens (tertiary/aromatic N) is 1.